The fourth-order valence-corrected chi connectivity index (χ4v) is 1.38. The third kappa shape index (κ3) is 4.46. The van der Waals surface area contributed by atoms with Gasteiger partial charge in [0.25, 0.3) is 5.91 Å². The second kappa shape index (κ2) is 6.95. The maximum Gasteiger partial charge on any atom is 0.322 e. The fraction of sp³-hybridized carbons (Fsp3) is 0.214. The van der Waals surface area contributed by atoms with Crippen molar-refractivity contribution < 1.29 is 19.5 Å². The molecular weight excluding hydrogens is 260 g/mol. The van der Waals surface area contributed by atoms with Crippen LogP contribution >= 0.6 is 0 Å². The molecule has 0 saturated carbocycles. The highest BCUT2D eigenvalue weighted by Gasteiger charge is 2.16. The van der Waals surface area contributed by atoms with Crippen LogP contribution < -0.4 is 10.6 Å². The van der Waals surface area contributed by atoms with Gasteiger partial charge in [0, 0.05) is 11.1 Å². The third-order valence-corrected chi connectivity index (χ3v) is 2.47. The molecule has 20 heavy (non-hydrogen) atoms. The zero-order valence-corrected chi connectivity index (χ0v) is 10.8. The highest BCUT2D eigenvalue weighted by Crippen LogP contribution is 2.03. The Bertz CT molecular complexity index is 558. The van der Waals surface area contributed by atoms with E-state index in [-0.39, 0.29) is 0 Å². The molecule has 0 aromatic heterocycles. The van der Waals surface area contributed by atoms with E-state index in [2.05, 4.69) is 16.6 Å². The zero-order chi connectivity index (χ0) is 15.1. The monoisotopic (exact) mass is 274 g/mol. The number of nitrogens with one attached hydrogen (secondary N) is 2. The lowest BCUT2D eigenvalue weighted by molar-refractivity contribution is -0.138. The largest absolute Gasteiger partial charge is 0.480 e. The van der Waals surface area contributed by atoms with Gasteiger partial charge < -0.3 is 15.7 Å². The summed E-state index contributed by atoms with van der Waals surface area (Å²) in [5, 5.41) is 13.1. The summed E-state index contributed by atoms with van der Waals surface area (Å²) in [5.41, 5.74) is 1.01. The summed E-state index contributed by atoms with van der Waals surface area (Å²) in [6.45, 7) is 0.973. The first kappa shape index (κ1) is 15.2. The number of amides is 2. The lowest BCUT2D eigenvalue weighted by atomic mass is 10.1. The van der Waals surface area contributed by atoms with Crippen LogP contribution in [0.5, 0.6) is 0 Å². The highest BCUT2D eigenvalue weighted by molar-refractivity contribution is 5.97. The van der Waals surface area contributed by atoms with Crippen molar-refractivity contribution in [3.63, 3.8) is 0 Å². The van der Waals surface area contributed by atoms with Gasteiger partial charge in [0.05, 0.1) is 0 Å². The predicted octanol–water partition coefficient (Wildman–Crippen LogP) is -0.0130. The topological polar surface area (TPSA) is 95.5 Å². The molecule has 1 aromatic rings. The first-order chi connectivity index (χ1) is 9.43. The van der Waals surface area contributed by atoms with Crippen LogP contribution in [-0.4, -0.2) is 35.5 Å². The normalized spacial score (nSPS) is 11.0. The summed E-state index contributed by atoms with van der Waals surface area (Å²) < 4.78 is 0. The van der Waals surface area contributed by atoms with Crippen molar-refractivity contribution in [2.45, 2.75) is 13.0 Å². The van der Waals surface area contributed by atoms with Gasteiger partial charge in [-0.15, -0.1) is 6.42 Å². The van der Waals surface area contributed by atoms with Crippen LogP contribution in [0.3, 0.4) is 0 Å². The fourth-order valence-electron chi connectivity index (χ4n) is 1.38. The lowest BCUT2D eigenvalue weighted by Crippen LogP contribution is -2.46. The summed E-state index contributed by atoms with van der Waals surface area (Å²) >= 11 is 0. The van der Waals surface area contributed by atoms with Crippen molar-refractivity contribution in [2.75, 3.05) is 6.54 Å². The minimum atomic E-state index is -1.15. The Labute approximate surface area is 116 Å². The lowest BCUT2D eigenvalue weighted by Gasteiger charge is -2.13. The van der Waals surface area contributed by atoms with E-state index >= 15 is 0 Å². The smallest absolute Gasteiger partial charge is 0.322 e. The average molecular weight is 274 g/mol. The van der Waals surface area contributed by atoms with Gasteiger partial charge in [0.1, 0.15) is 12.6 Å². The number of carboxylic acids is 1. The minimum absolute atomic E-state index is 0.363. The minimum Gasteiger partial charge on any atom is -0.480 e. The molecule has 2 amide bonds. The molecule has 0 spiro atoms. The van der Waals surface area contributed by atoms with E-state index in [1.807, 2.05) is 0 Å². The summed E-state index contributed by atoms with van der Waals surface area (Å²) in [4.78, 5) is 33.6. The number of benzene rings is 1. The van der Waals surface area contributed by atoms with Gasteiger partial charge in [-0.05, 0) is 31.2 Å². The van der Waals surface area contributed by atoms with E-state index in [0.29, 0.717) is 11.1 Å². The molecule has 0 fully saturated rings. The SMILES string of the molecule is C#Cc1ccc(C(=O)N[C@@H](C)C(=O)NCC(=O)O)cc1. The van der Waals surface area contributed by atoms with Crippen LogP contribution in [-0.2, 0) is 9.59 Å². The van der Waals surface area contributed by atoms with Crippen LogP contribution in [0.25, 0.3) is 0 Å². The van der Waals surface area contributed by atoms with Crippen LogP contribution in [0.4, 0.5) is 0 Å². The molecule has 0 radical (unpaired) electrons. The van der Waals surface area contributed by atoms with Crippen LogP contribution in [0.1, 0.15) is 22.8 Å². The van der Waals surface area contributed by atoms with Gasteiger partial charge in [-0.1, -0.05) is 5.92 Å². The average Bonchev–Trinajstić information content (AvgIpc) is 2.44. The molecule has 0 saturated heterocycles. The van der Waals surface area contributed by atoms with Gasteiger partial charge in [0.15, 0.2) is 0 Å². The van der Waals surface area contributed by atoms with Crippen molar-refractivity contribution >= 4 is 17.8 Å². The molecule has 1 atom stereocenters. The molecule has 0 aliphatic carbocycles. The molecule has 3 N–H and O–H groups in total. The molecule has 6 heteroatoms. The Hall–Kier alpha value is -2.81. The number of carbonyl (C=O) groups excluding carboxylic acids is 2. The van der Waals surface area contributed by atoms with Gasteiger partial charge in [-0.25, -0.2) is 0 Å². The molecule has 0 aliphatic rings. The van der Waals surface area contributed by atoms with E-state index in [1.165, 1.54) is 6.92 Å². The summed E-state index contributed by atoms with van der Waals surface area (Å²) in [6, 6.07) is 5.49. The van der Waals surface area contributed by atoms with Crippen molar-refractivity contribution in [1.82, 2.24) is 10.6 Å². The van der Waals surface area contributed by atoms with E-state index in [0.717, 1.165) is 0 Å². The van der Waals surface area contributed by atoms with E-state index < -0.39 is 30.4 Å². The number of hydrogen-bond donors (Lipinski definition) is 3. The standard InChI is InChI=1S/C14H14N2O4/c1-3-10-4-6-11(7-5-10)14(20)16-9(2)13(19)15-8-12(17)18/h1,4-7,9H,8H2,2H3,(H,15,19)(H,16,20)(H,17,18)/t9-/m0/s1. The van der Waals surface area contributed by atoms with E-state index in [1.54, 1.807) is 24.3 Å². The number of terminal acetylenes is 1. The summed E-state index contributed by atoms with van der Waals surface area (Å²) in [5.74, 6) is 0.270. The highest BCUT2D eigenvalue weighted by atomic mass is 16.4. The Balaban J connectivity index is 2.58. The number of carbonyl (C=O) groups is 3. The Morgan fingerprint density at radius 2 is 1.90 bits per heavy atom. The van der Waals surface area contributed by atoms with E-state index in [4.69, 9.17) is 11.5 Å². The first-order valence-corrected chi connectivity index (χ1v) is 5.81. The zero-order valence-electron chi connectivity index (χ0n) is 10.8. The number of aliphatic carboxylic acids is 1. The summed E-state index contributed by atoms with van der Waals surface area (Å²) in [7, 11) is 0. The maximum atomic E-state index is 11.8. The van der Waals surface area contributed by atoms with Crippen LogP contribution in [0.15, 0.2) is 24.3 Å². The molecule has 0 unspecified atom stereocenters. The van der Waals surface area contributed by atoms with E-state index in [9.17, 15) is 14.4 Å². The second-order valence-corrected chi connectivity index (χ2v) is 4.03. The van der Waals surface area contributed by atoms with Crippen molar-refractivity contribution in [2.24, 2.45) is 0 Å². The second-order valence-electron chi connectivity index (χ2n) is 4.03. The maximum absolute atomic E-state index is 11.8. The molecule has 6 nitrogen and oxygen atoms in total. The quantitative estimate of drug-likeness (QED) is 0.658. The van der Waals surface area contributed by atoms with Crippen LogP contribution in [0.2, 0.25) is 0 Å². The van der Waals surface area contributed by atoms with Crippen molar-refractivity contribution in [3.8, 4) is 12.3 Å². The van der Waals surface area contributed by atoms with Gasteiger partial charge in [-0.3, -0.25) is 14.4 Å². The molecule has 0 heterocycles. The Morgan fingerprint density at radius 1 is 1.30 bits per heavy atom. The number of carboxylic acid groups (broad SMARTS) is 1. The Morgan fingerprint density at radius 3 is 2.40 bits per heavy atom. The molecular formula is C14H14N2O4. The first-order valence-electron chi connectivity index (χ1n) is 5.81. The summed E-state index contributed by atoms with van der Waals surface area (Å²) in [6.07, 6.45) is 5.20. The third-order valence-electron chi connectivity index (χ3n) is 2.47. The molecule has 1 rings (SSSR count). The van der Waals surface area contributed by atoms with Gasteiger partial charge in [-0.2, -0.15) is 0 Å². The predicted molar refractivity (Wildman–Crippen MR) is 72.0 cm³/mol. The molecule has 1 aromatic carbocycles. The number of rotatable bonds is 5. The van der Waals surface area contributed by atoms with Gasteiger partial charge in [0.2, 0.25) is 5.91 Å². The molecule has 0 aliphatic heterocycles. The van der Waals surface area contributed by atoms with Crippen LogP contribution in [0, 0.1) is 12.3 Å². The Kier molecular flexibility index (Phi) is 5.30. The molecule has 0 bridgehead atoms. The number of hydrogen-bond acceptors (Lipinski definition) is 3. The van der Waals surface area contributed by atoms with Gasteiger partial charge >= 0.3 is 5.97 Å². The van der Waals surface area contributed by atoms with Crippen molar-refractivity contribution in [1.29, 1.82) is 0 Å². The molecule has 104 valence electrons. The van der Waals surface area contributed by atoms with Crippen molar-refractivity contribution in [3.05, 3.63) is 35.4 Å².